The quantitative estimate of drug-likeness (QED) is 0.676. The molecule has 0 aliphatic rings. The van der Waals surface area contributed by atoms with Crippen molar-refractivity contribution < 1.29 is 13.9 Å². The lowest BCUT2D eigenvalue weighted by Gasteiger charge is -2.10. The summed E-state index contributed by atoms with van der Waals surface area (Å²) in [4.78, 5) is 10.5. The third kappa shape index (κ3) is 3.51. The van der Waals surface area contributed by atoms with Crippen LogP contribution in [0.15, 0.2) is 24.3 Å². The lowest BCUT2D eigenvalue weighted by Crippen LogP contribution is -2.24. The molecule has 1 aromatic carbocycles. The number of esters is 1. The average molecular weight is 276 g/mol. The van der Waals surface area contributed by atoms with E-state index in [9.17, 15) is 9.18 Å². The molecule has 0 radical (unpaired) electrons. The van der Waals surface area contributed by atoms with Gasteiger partial charge in [0.15, 0.2) is 0 Å². The first-order valence-electron chi connectivity index (χ1n) is 4.35. The number of carbonyl (C=O) groups is 1. The molecule has 0 saturated carbocycles. The number of ether oxygens (including phenoxy) is 1. The molecule has 0 spiro atoms. The average Bonchev–Trinajstić information content (AvgIpc) is 2.26. The SMILES string of the molecule is COC(=O)C(Br)CNc1ccccc1F. The Bertz CT molecular complexity index is 346. The van der Waals surface area contributed by atoms with Crippen LogP contribution in [0.4, 0.5) is 10.1 Å². The second-order valence-electron chi connectivity index (χ2n) is 2.85. The highest BCUT2D eigenvalue weighted by Gasteiger charge is 2.14. The Morgan fingerprint density at radius 1 is 1.60 bits per heavy atom. The summed E-state index contributed by atoms with van der Waals surface area (Å²) >= 11 is 3.13. The van der Waals surface area contributed by atoms with Crippen LogP contribution >= 0.6 is 15.9 Å². The van der Waals surface area contributed by atoms with Crippen LogP contribution in [0.1, 0.15) is 0 Å². The zero-order valence-electron chi connectivity index (χ0n) is 8.17. The Morgan fingerprint density at radius 2 is 2.27 bits per heavy atom. The van der Waals surface area contributed by atoms with Gasteiger partial charge in [-0.3, -0.25) is 4.79 Å². The van der Waals surface area contributed by atoms with Crippen molar-refractivity contribution in [3.8, 4) is 0 Å². The molecule has 0 aliphatic heterocycles. The summed E-state index contributed by atoms with van der Waals surface area (Å²) in [5, 5.41) is 2.81. The summed E-state index contributed by atoms with van der Waals surface area (Å²) in [6.45, 7) is 0.271. The molecule has 0 heterocycles. The highest BCUT2D eigenvalue weighted by Crippen LogP contribution is 2.13. The number of hydrogen-bond acceptors (Lipinski definition) is 3. The lowest BCUT2D eigenvalue weighted by molar-refractivity contribution is -0.139. The van der Waals surface area contributed by atoms with E-state index >= 15 is 0 Å². The van der Waals surface area contributed by atoms with Crippen molar-refractivity contribution in [1.82, 2.24) is 0 Å². The van der Waals surface area contributed by atoms with Gasteiger partial charge in [0.05, 0.1) is 12.8 Å². The van der Waals surface area contributed by atoms with Crippen molar-refractivity contribution in [2.24, 2.45) is 0 Å². The summed E-state index contributed by atoms with van der Waals surface area (Å²) < 4.78 is 17.6. The third-order valence-corrected chi connectivity index (χ3v) is 2.50. The van der Waals surface area contributed by atoms with E-state index in [2.05, 4.69) is 26.0 Å². The molecule has 0 amide bonds. The van der Waals surface area contributed by atoms with Crippen LogP contribution in [0.3, 0.4) is 0 Å². The van der Waals surface area contributed by atoms with E-state index in [4.69, 9.17) is 0 Å². The standard InChI is InChI=1S/C10H11BrFNO2/c1-15-10(14)7(11)6-13-9-5-3-2-4-8(9)12/h2-5,7,13H,6H2,1H3. The molecule has 0 aromatic heterocycles. The summed E-state index contributed by atoms with van der Waals surface area (Å²) in [5.41, 5.74) is 0.367. The van der Waals surface area contributed by atoms with Crippen molar-refractivity contribution in [1.29, 1.82) is 0 Å². The van der Waals surface area contributed by atoms with Crippen molar-refractivity contribution >= 4 is 27.6 Å². The predicted molar refractivity (Wildman–Crippen MR) is 59.6 cm³/mol. The summed E-state index contributed by atoms with van der Waals surface area (Å²) in [5.74, 6) is -0.735. The molecule has 82 valence electrons. The molecular weight excluding hydrogens is 265 g/mol. The maximum absolute atomic E-state index is 13.1. The Morgan fingerprint density at radius 3 is 2.87 bits per heavy atom. The van der Waals surface area contributed by atoms with Gasteiger partial charge in [-0.1, -0.05) is 28.1 Å². The maximum Gasteiger partial charge on any atom is 0.321 e. The first-order chi connectivity index (χ1) is 7.15. The number of carbonyl (C=O) groups excluding carboxylic acids is 1. The number of nitrogens with one attached hydrogen (secondary N) is 1. The monoisotopic (exact) mass is 275 g/mol. The van der Waals surface area contributed by atoms with Crippen LogP contribution < -0.4 is 5.32 Å². The van der Waals surface area contributed by atoms with Crippen LogP contribution in [0.25, 0.3) is 0 Å². The Kier molecular flexibility index (Phi) is 4.55. The molecule has 0 saturated heterocycles. The number of para-hydroxylation sites is 1. The van der Waals surface area contributed by atoms with Gasteiger partial charge >= 0.3 is 5.97 Å². The van der Waals surface area contributed by atoms with Crippen molar-refractivity contribution in [3.63, 3.8) is 0 Å². The molecule has 0 bridgehead atoms. The lowest BCUT2D eigenvalue weighted by atomic mass is 10.3. The van der Waals surface area contributed by atoms with E-state index in [0.29, 0.717) is 5.69 Å². The molecular formula is C10H11BrFNO2. The fourth-order valence-corrected chi connectivity index (χ4v) is 1.36. The van der Waals surface area contributed by atoms with Crippen molar-refractivity contribution in [3.05, 3.63) is 30.1 Å². The van der Waals surface area contributed by atoms with Gasteiger partial charge in [0.2, 0.25) is 0 Å². The van der Waals surface area contributed by atoms with Crippen molar-refractivity contribution in [2.45, 2.75) is 4.83 Å². The summed E-state index contributed by atoms with van der Waals surface area (Å²) in [7, 11) is 1.31. The van der Waals surface area contributed by atoms with Gasteiger partial charge in [-0.25, -0.2) is 4.39 Å². The molecule has 1 unspecified atom stereocenters. The minimum atomic E-state index is -0.484. The fraction of sp³-hybridized carbons (Fsp3) is 0.300. The van der Waals surface area contributed by atoms with Crippen LogP contribution in [0, 0.1) is 5.82 Å². The van der Waals surface area contributed by atoms with Gasteiger partial charge < -0.3 is 10.1 Å². The van der Waals surface area contributed by atoms with E-state index < -0.39 is 4.83 Å². The maximum atomic E-state index is 13.1. The molecule has 1 atom stereocenters. The van der Waals surface area contributed by atoms with Crippen LogP contribution in [-0.4, -0.2) is 24.5 Å². The number of benzene rings is 1. The fourth-order valence-electron chi connectivity index (χ4n) is 1.02. The van der Waals surface area contributed by atoms with Gasteiger partial charge in [0.25, 0.3) is 0 Å². The zero-order valence-corrected chi connectivity index (χ0v) is 9.75. The molecule has 1 N–H and O–H groups in total. The molecule has 0 fully saturated rings. The zero-order chi connectivity index (χ0) is 11.3. The largest absolute Gasteiger partial charge is 0.468 e. The predicted octanol–water partition coefficient (Wildman–Crippen LogP) is 2.17. The van der Waals surface area contributed by atoms with Crippen LogP contribution in [-0.2, 0) is 9.53 Å². The second kappa shape index (κ2) is 5.70. The minimum absolute atomic E-state index is 0.271. The molecule has 5 heteroatoms. The first kappa shape index (κ1) is 12.0. The van der Waals surface area contributed by atoms with Gasteiger partial charge in [-0.2, -0.15) is 0 Å². The minimum Gasteiger partial charge on any atom is -0.468 e. The number of halogens is 2. The van der Waals surface area contributed by atoms with Gasteiger partial charge in [0.1, 0.15) is 10.6 Å². The van der Waals surface area contributed by atoms with E-state index in [1.165, 1.54) is 13.2 Å². The van der Waals surface area contributed by atoms with Crippen LogP contribution in [0.5, 0.6) is 0 Å². The summed E-state index contributed by atoms with van der Waals surface area (Å²) in [6.07, 6.45) is 0. The van der Waals surface area contributed by atoms with Crippen LogP contribution in [0.2, 0.25) is 0 Å². The van der Waals surface area contributed by atoms with Gasteiger partial charge in [0, 0.05) is 6.54 Å². The van der Waals surface area contributed by atoms with Gasteiger partial charge in [-0.15, -0.1) is 0 Å². The topological polar surface area (TPSA) is 38.3 Å². The highest BCUT2D eigenvalue weighted by molar-refractivity contribution is 9.10. The number of rotatable bonds is 4. The molecule has 3 nitrogen and oxygen atoms in total. The van der Waals surface area contributed by atoms with E-state index in [1.54, 1.807) is 18.2 Å². The van der Waals surface area contributed by atoms with E-state index in [-0.39, 0.29) is 18.3 Å². The third-order valence-electron chi connectivity index (χ3n) is 1.80. The number of anilines is 1. The molecule has 0 aliphatic carbocycles. The Balaban J connectivity index is 2.50. The second-order valence-corrected chi connectivity index (χ2v) is 3.96. The van der Waals surface area contributed by atoms with E-state index in [0.717, 1.165) is 0 Å². The Hall–Kier alpha value is -1.10. The number of methoxy groups -OCH3 is 1. The smallest absolute Gasteiger partial charge is 0.321 e. The summed E-state index contributed by atoms with van der Waals surface area (Å²) in [6, 6.07) is 6.27. The molecule has 1 aromatic rings. The molecule has 15 heavy (non-hydrogen) atoms. The molecule has 1 rings (SSSR count). The van der Waals surface area contributed by atoms with E-state index in [1.807, 2.05) is 0 Å². The first-order valence-corrected chi connectivity index (χ1v) is 5.27. The van der Waals surface area contributed by atoms with Crippen molar-refractivity contribution in [2.75, 3.05) is 19.0 Å². The number of alkyl halides is 1. The normalized spacial score (nSPS) is 11.9. The highest BCUT2D eigenvalue weighted by atomic mass is 79.9. The Labute approximate surface area is 95.7 Å². The van der Waals surface area contributed by atoms with Gasteiger partial charge in [-0.05, 0) is 12.1 Å². The number of hydrogen-bond donors (Lipinski definition) is 1.